The van der Waals surface area contributed by atoms with Crippen LogP contribution in [0.5, 0.6) is 0 Å². The molecule has 0 saturated heterocycles. The van der Waals surface area contributed by atoms with E-state index in [0.29, 0.717) is 11.1 Å². The smallest absolute Gasteiger partial charge is 0.336 e. The summed E-state index contributed by atoms with van der Waals surface area (Å²) in [5.74, 6) is -1.99. The van der Waals surface area contributed by atoms with Gasteiger partial charge in [0.1, 0.15) is 11.6 Å². The van der Waals surface area contributed by atoms with Gasteiger partial charge < -0.3 is 9.67 Å². The van der Waals surface area contributed by atoms with Crippen molar-refractivity contribution in [2.24, 2.45) is 0 Å². The molecule has 0 radical (unpaired) electrons. The van der Waals surface area contributed by atoms with E-state index in [1.54, 1.807) is 22.9 Å². The first-order valence-electron chi connectivity index (χ1n) is 6.31. The molecular formula is C16H11F2NO2. The van der Waals surface area contributed by atoms with Crippen molar-refractivity contribution >= 4 is 16.9 Å². The van der Waals surface area contributed by atoms with E-state index in [9.17, 15) is 13.6 Å². The van der Waals surface area contributed by atoms with Crippen molar-refractivity contribution in [2.75, 3.05) is 0 Å². The molecule has 0 fully saturated rings. The Morgan fingerprint density at radius 3 is 2.52 bits per heavy atom. The summed E-state index contributed by atoms with van der Waals surface area (Å²) >= 11 is 0. The van der Waals surface area contributed by atoms with Crippen LogP contribution < -0.4 is 0 Å². The van der Waals surface area contributed by atoms with Crippen molar-refractivity contribution in [3.05, 3.63) is 71.4 Å². The Labute approximate surface area is 119 Å². The molecular weight excluding hydrogens is 276 g/mol. The van der Waals surface area contributed by atoms with Gasteiger partial charge in [-0.25, -0.2) is 13.6 Å². The van der Waals surface area contributed by atoms with Crippen molar-refractivity contribution in [1.29, 1.82) is 0 Å². The van der Waals surface area contributed by atoms with Crippen LogP contribution in [0.1, 0.15) is 15.9 Å². The average Bonchev–Trinajstić information content (AvgIpc) is 2.81. The van der Waals surface area contributed by atoms with Crippen LogP contribution >= 0.6 is 0 Å². The highest BCUT2D eigenvalue weighted by molar-refractivity contribution is 5.89. The quantitative estimate of drug-likeness (QED) is 0.798. The molecule has 3 nitrogen and oxygen atoms in total. The monoisotopic (exact) mass is 287 g/mol. The molecule has 0 atom stereocenters. The summed E-state index contributed by atoms with van der Waals surface area (Å²) in [6.45, 7) is 0.159. The molecule has 3 rings (SSSR count). The average molecular weight is 287 g/mol. The van der Waals surface area contributed by atoms with Crippen LogP contribution in [-0.4, -0.2) is 15.6 Å². The zero-order valence-electron chi connectivity index (χ0n) is 10.9. The minimum Gasteiger partial charge on any atom is -0.478 e. The molecule has 0 spiro atoms. The van der Waals surface area contributed by atoms with E-state index in [1.165, 1.54) is 24.3 Å². The molecule has 0 amide bonds. The second kappa shape index (κ2) is 5.01. The first-order chi connectivity index (χ1) is 10.0. The maximum absolute atomic E-state index is 13.4. The van der Waals surface area contributed by atoms with Crippen LogP contribution in [-0.2, 0) is 6.54 Å². The summed E-state index contributed by atoms with van der Waals surface area (Å²) in [6, 6.07) is 9.71. The highest BCUT2D eigenvalue weighted by Crippen LogP contribution is 2.20. The van der Waals surface area contributed by atoms with E-state index in [-0.39, 0.29) is 17.9 Å². The second-order valence-corrected chi connectivity index (χ2v) is 4.75. The highest BCUT2D eigenvalue weighted by atomic mass is 19.1. The Morgan fingerprint density at radius 2 is 1.76 bits per heavy atom. The van der Waals surface area contributed by atoms with Crippen molar-refractivity contribution in [3.63, 3.8) is 0 Å². The van der Waals surface area contributed by atoms with E-state index < -0.39 is 11.8 Å². The fourth-order valence-corrected chi connectivity index (χ4v) is 2.38. The number of rotatable bonds is 3. The third-order valence-corrected chi connectivity index (χ3v) is 3.37. The maximum Gasteiger partial charge on any atom is 0.336 e. The van der Waals surface area contributed by atoms with Crippen LogP contribution in [0.2, 0.25) is 0 Å². The van der Waals surface area contributed by atoms with Crippen molar-refractivity contribution < 1.29 is 18.7 Å². The molecule has 21 heavy (non-hydrogen) atoms. The zero-order chi connectivity index (χ0) is 15.0. The first-order valence-corrected chi connectivity index (χ1v) is 6.31. The summed E-state index contributed by atoms with van der Waals surface area (Å²) in [5, 5.41) is 9.99. The number of carboxylic acid groups (broad SMARTS) is 1. The van der Waals surface area contributed by atoms with Gasteiger partial charge in [0.25, 0.3) is 0 Å². The number of aromatic carboxylic acids is 1. The van der Waals surface area contributed by atoms with Gasteiger partial charge in [-0.2, -0.15) is 0 Å². The number of aromatic nitrogens is 1. The van der Waals surface area contributed by atoms with Crippen LogP contribution in [0.4, 0.5) is 8.78 Å². The Hall–Kier alpha value is -2.69. The van der Waals surface area contributed by atoms with E-state index in [2.05, 4.69) is 0 Å². The maximum atomic E-state index is 13.4. The SMILES string of the molecule is O=C(O)c1ccc(F)cc1Cn1ccc2ccc(F)cc21. The molecule has 0 aliphatic carbocycles. The predicted octanol–water partition coefficient (Wildman–Crippen LogP) is 3.67. The number of hydrogen-bond donors (Lipinski definition) is 1. The number of benzene rings is 2. The molecule has 1 aromatic heterocycles. The van der Waals surface area contributed by atoms with Crippen molar-refractivity contribution in [3.8, 4) is 0 Å². The lowest BCUT2D eigenvalue weighted by Crippen LogP contribution is -2.07. The topological polar surface area (TPSA) is 42.2 Å². The van der Waals surface area contributed by atoms with E-state index in [4.69, 9.17) is 5.11 Å². The van der Waals surface area contributed by atoms with E-state index >= 15 is 0 Å². The first kappa shape index (κ1) is 13.3. The van der Waals surface area contributed by atoms with Gasteiger partial charge in [0, 0.05) is 12.7 Å². The lowest BCUT2D eigenvalue weighted by Gasteiger charge is -2.09. The number of carboxylic acids is 1. The Morgan fingerprint density at radius 1 is 1.05 bits per heavy atom. The predicted molar refractivity (Wildman–Crippen MR) is 74.4 cm³/mol. The number of fused-ring (bicyclic) bond motifs is 1. The van der Waals surface area contributed by atoms with Gasteiger partial charge in [-0.05, 0) is 53.4 Å². The van der Waals surface area contributed by atoms with Gasteiger partial charge >= 0.3 is 5.97 Å². The normalized spacial score (nSPS) is 11.0. The van der Waals surface area contributed by atoms with Gasteiger partial charge in [-0.3, -0.25) is 0 Å². The second-order valence-electron chi connectivity index (χ2n) is 4.75. The minimum absolute atomic E-state index is 0.0367. The third kappa shape index (κ3) is 2.50. The van der Waals surface area contributed by atoms with Crippen LogP contribution in [0.3, 0.4) is 0 Å². The summed E-state index contributed by atoms with van der Waals surface area (Å²) in [4.78, 5) is 11.2. The van der Waals surface area contributed by atoms with Crippen LogP contribution in [0, 0.1) is 11.6 Å². The van der Waals surface area contributed by atoms with E-state index in [0.717, 1.165) is 11.5 Å². The Bertz CT molecular complexity index is 839. The molecule has 2 aromatic carbocycles. The molecule has 106 valence electrons. The van der Waals surface area contributed by atoms with Crippen molar-refractivity contribution in [2.45, 2.75) is 6.54 Å². The minimum atomic E-state index is -1.12. The van der Waals surface area contributed by atoms with Gasteiger partial charge in [0.15, 0.2) is 0 Å². The summed E-state index contributed by atoms with van der Waals surface area (Å²) < 4.78 is 28.4. The summed E-state index contributed by atoms with van der Waals surface area (Å²) in [6.07, 6.45) is 1.72. The number of hydrogen-bond acceptors (Lipinski definition) is 1. The number of halogens is 2. The fraction of sp³-hybridized carbons (Fsp3) is 0.0625. The fourth-order valence-electron chi connectivity index (χ4n) is 2.38. The van der Waals surface area contributed by atoms with Crippen LogP contribution in [0.25, 0.3) is 10.9 Å². The summed E-state index contributed by atoms with van der Waals surface area (Å²) in [7, 11) is 0. The Kier molecular flexibility index (Phi) is 3.17. The van der Waals surface area contributed by atoms with Gasteiger partial charge in [0.05, 0.1) is 11.1 Å². The van der Waals surface area contributed by atoms with Crippen molar-refractivity contribution in [1.82, 2.24) is 4.57 Å². The lowest BCUT2D eigenvalue weighted by molar-refractivity contribution is 0.0695. The molecule has 0 unspecified atom stereocenters. The number of nitrogens with zero attached hydrogens (tertiary/aromatic N) is 1. The van der Waals surface area contributed by atoms with Crippen LogP contribution in [0.15, 0.2) is 48.7 Å². The molecule has 0 saturated carbocycles. The molecule has 1 N–H and O–H groups in total. The molecule has 3 aromatic rings. The molecule has 1 heterocycles. The third-order valence-electron chi connectivity index (χ3n) is 3.37. The molecule has 5 heteroatoms. The molecule has 0 aliphatic heterocycles. The zero-order valence-corrected chi connectivity index (χ0v) is 10.9. The largest absolute Gasteiger partial charge is 0.478 e. The van der Waals surface area contributed by atoms with Gasteiger partial charge in [-0.15, -0.1) is 0 Å². The van der Waals surface area contributed by atoms with Gasteiger partial charge in [0.2, 0.25) is 0 Å². The van der Waals surface area contributed by atoms with Gasteiger partial charge in [-0.1, -0.05) is 0 Å². The van der Waals surface area contributed by atoms with E-state index in [1.807, 2.05) is 0 Å². The molecule has 0 aliphatic rings. The number of carbonyl (C=O) groups is 1. The highest BCUT2D eigenvalue weighted by Gasteiger charge is 2.12. The lowest BCUT2D eigenvalue weighted by atomic mass is 10.1. The standard InChI is InChI=1S/C16H11F2NO2/c17-12-3-4-14(16(20)21)11(7-12)9-19-6-5-10-1-2-13(18)8-15(10)19/h1-8H,9H2,(H,20,21). The summed E-state index contributed by atoms with van der Waals surface area (Å²) in [5.41, 5.74) is 1.01. The Balaban J connectivity index is 2.08. The molecule has 0 bridgehead atoms.